The number of hydrogen-bond acceptors (Lipinski definition) is 3. The van der Waals surface area contributed by atoms with E-state index >= 15 is 0 Å². The Labute approximate surface area is 177 Å². The minimum atomic E-state index is 0.796. The second kappa shape index (κ2) is 9.81. The maximum absolute atomic E-state index is 5.92. The summed E-state index contributed by atoms with van der Waals surface area (Å²) in [6, 6.07) is 24.2. The van der Waals surface area contributed by atoms with Crippen LogP contribution in [0.15, 0.2) is 91.3 Å². The lowest BCUT2D eigenvalue weighted by Gasteiger charge is -2.09. The molecule has 0 fully saturated rings. The van der Waals surface area contributed by atoms with E-state index in [1.165, 1.54) is 16.5 Å². The maximum atomic E-state index is 5.92. The van der Waals surface area contributed by atoms with E-state index in [-0.39, 0.29) is 0 Å². The number of para-hydroxylation sites is 1. The molecular formula is C26H26N2O2. The lowest BCUT2D eigenvalue weighted by Crippen LogP contribution is -2.16. The molecule has 1 heterocycles. The molecule has 0 radical (unpaired) electrons. The number of benzene rings is 3. The summed E-state index contributed by atoms with van der Waals surface area (Å²) < 4.78 is 11.5. The van der Waals surface area contributed by atoms with Gasteiger partial charge in [-0.1, -0.05) is 36.4 Å². The predicted molar refractivity (Wildman–Crippen MR) is 122 cm³/mol. The molecule has 0 atom stereocenters. The SMILES string of the molecule is C/C=C/Oc1ccc2[nH]cc(CCNCc3cccc(Oc4ccccc4)c3)c2c1. The van der Waals surface area contributed by atoms with Gasteiger partial charge in [0.15, 0.2) is 0 Å². The van der Waals surface area contributed by atoms with Gasteiger partial charge >= 0.3 is 0 Å². The largest absolute Gasteiger partial charge is 0.465 e. The highest BCUT2D eigenvalue weighted by atomic mass is 16.5. The standard InChI is InChI=1S/C26H26N2O2/c1-2-15-29-23-11-12-26-25(17-23)21(19-28-26)13-14-27-18-20-7-6-10-24(16-20)30-22-8-4-3-5-9-22/h2-12,15-17,19,27-28H,13-14,18H2,1H3/b15-2+. The Hall–Kier alpha value is -3.50. The topological polar surface area (TPSA) is 46.3 Å². The van der Waals surface area contributed by atoms with Gasteiger partial charge in [-0.25, -0.2) is 0 Å². The van der Waals surface area contributed by atoms with Crippen LogP contribution in [0.25, 0.3) is 10.9 Å². The molecule has 0 spiro atoms. The van der Waals surface area contributed by atoms with Crippen molar-refractivity contribution in [3.8, 4) is 17.2 Å². The number of fused-ring (bicyclic) bond motifs is 1. The number of rotatable bonds is 9. The number of hydrogen-bond donors (Lipinski definition) is 2. The van der Waals surface area contributed by atoms with E-state index in [0.29, 0.717) is 0 Å². The molecule has 0 bridgehead atoms. The fourth-order valence-electron chi connectivity index (χ4n) is 3.38. The second-order valence-electron chi connectivity index (χ2n) is 7.10. The number of aromatic nitrogens is 1. The molecule has 4 nitrogen and oxygen atoms in total. The second-order valence-corrected chi connectivity index (χ2v) is 7.10. The van der Waals surface area contributed by atoms with Gasteiger partial charge in [0, 0.05) is 23.6 Å². The van der Waals surface area contributed by atoms with Gasteiger partial charge in [0.2, 0.25) is 0 Å². The normalized spacial score (nSPS) is 11.2. The third-order valence-electron chi connectivity index (χ3n) is 4.86. The average molecular weight is 399 g/mol. The molecule has 0 saturated carbocycles. The minimum absolute atomic E-state index is 0.796. The third-order valence-corrected chi connectivity index (χ3v) is 4.86. The van der Waals surface area contributed by atoms with Crippen LogP contribution in [0.2, 0.25) is 0 Å². The summed E-state index contributed by atoms with van der Waals surface area (Å²) in [7, 11) is 0. The van der Waals surface area contributed by atoms with Crippen molar-refractivity contribution < 1.29 is 9.47 Å². The monoisotopic (exact) mass is 398 g/mol. The lowest BCUT2D eigenvalue weighted by molar-refractivity contribution is 0.481. The van der Waals surface area contributed by atoms with Crippen molar-refractivity contribution >= 4 is 10.9 Å². The van der Waals surface area contributed by atoms with Crippen LogP contribution in [0.3, 0.4) is 0 Å². The molecule has 0 aliphatic heterocycles. The van der Waals surface area contributed by atoms with Gasteiger partial charge in [0.1, 0.15) is 17.2 Å². The third kappa shape index (κ3) is 5.10. The fraction of sp³-hybridized carbons (Fsp3) is 0.154. The number of H-pyrrole nitrogens is 1. The molecule has 0 aliphatic rings. The van der Waals surface area contributed by atoms with Crippen molar-refractivity contribution in [1.82, 2.24) is 10.3 Å². The van der Waals surface area contributed by atoms with Gasteiger partial charge < -0.3 is 19.8 Å². The Balaban J connectivity index is 1.32. The van der Waals surface area contributed by atoms with Gasteiger partial charge in [-0.05, 0) is 73.5 Å². The van der Waals surface area contributed by atoms with Crippen LogP contribution in [0.1, 0.15) is 18.1 Å². The summed E-state index contributed by atoms with van der Waals surface area (Å²) in [5.74, 6) is 2.55. The molecule has 30 heavy (non-hydrogen) atoms. The number of nitrogens with one attached hydrogen (secondary N) is 2. The zero-order chi connectivity index (χ0) is 20.6. The van der Waals surface area contributed by atoms with Crippen LogP contribution in [0.4, 0.5) is 0 Å². The highest BCUT2D eigenvalue weighted by Crippen LogP contribution is 2.24. The molecule has 2 N–H and O–H groups in total. The number of ether oxygens (including phenoxy) is 2. The van der Waals surface area contributed by atoms with E-state index in [1.807, 2.05) is 61.5 Å². The van der Waals surface area contributed by atoms with Crippen LogP contribution in [0.5, 0.6) is 17.2 Å². The first kappa shape index (κ1) is 19.8. The maximum Gasteiger partial charge on any atom is 0.127 e. The Bertz CT molecular complexity index is 1120. The first-order valence-corrected chi connectivity index (χ1v) is 10.2. The van der Waals surface area contributed by atoms with Gasteiger partial charge in [-0.3, -0.25) is 0 Å². The Morgan fingerprint density at radius 2 is 1.77 bits per heavy atom. The summed E-state index contributed by atoms with van der Waals surface area (Å²) in [4.78, 5) is 3.34. The average Bonchev–Trinajstić information content (AvgIpc) is 3.18. The van der Waals surface area contributed by atoms with Crippen molar-refractivity contribution in [2.24, 2.45) is 0 Å². The molecule has 3 aromatic carbocycles. The Morgan fingerprint density at radius 1 is 0.900 bits per heavy atom. The molecule has 152 valence electrons. The van der Waals surface area contributed by atoms with Crippen molar-refractivity contribution in [3.63, 3.8) is 0 Å². The Kier molecular flexibility index (Phi) is 6.47. The lowest BCUT2D eigenvalue weighted by atomic mass is 10.1. The highest BCUT2D eigenvalue weighted by Gasteiger charge is 2.05. The van der Waals surface area contributed by atoms with E-state index in [9.17, 15) is 0 Å². The Morgan fingerprint density at radius 3 is 2.63 bits per heavy atom. The van der Waals surface area contributed by atoms with Crippen molar-refractivity contribution in [2.45, 2.75) is 19.9 Å². The van der Waals surface area contributed by atoms with Crippen molar-refractivity contribution in [1.29, 1.82) is 0 Å². The summed E-state index contributed by atoms with van der Waals surface area (Å²) in [6.45, 7) is 3.62. The van der Waals surface area contributed by atoms with E-state index in [4.69, 9.17) is 9.47 Å². The number of allylic oxidation sites excluding steroid dienone is 1. The molecule has 0 amide bonds. The molecule has 4 heteroatoms. The van der Waals surface area contributed by atoms with Gasteiger partial charge in [0.25, 0.3) is 0 Å². The van der Waals surface area contributed by atoms with E-state index < -0.39 is 0 Å². The van der Waals surface area contributed by atoms with Crippen molar-refractivity contribution in [2.75, 3.05) is 6.54 Å². The molecule has 1 aromatic heterocycles. The quantitative estimate of drug-likeness (QED) is 0.260. The fourth-order valence-corrected chi connectivity index (χ4v) is 3.38. The van der Waals surface area contributed by atoms with E-state index in [1.54, 1.807) is 6.26 Å². The molecule has 0 aliphatic carbocycles. The van der Waals surface area contributed by atoms with Crippen LogP contribution >= 0.6 is 0 Å². The van der Waals surface area contributed by atoms with Crippen LogP contribution in [-0.4, -0.2) is 11.5 Å². The predicted octanol–water partition coefficient (Wildman–Crippen LogP) is 6.20. The highest BCUT2D eigenvalue weighted by molar-refractivity contribution is 5.84. The van der Waals surface area contributed by atoms with E-state index in [0.717, 1.165) is 42.3 Å². The van der Waals surface area contributed by atoms with E-state index in [2.05, 4.69) is 40.8 Å². The van der Waals surface area contributed by atoms with Crippen LogP contribution < -0.4 is 14.8 Å². The molecule has 4 rings (SSSR count). The smallest absolute Gasteiger partial charge is 0.127 e. The molecule has 0 unspecified atom stereocenters. The summed E-state index contributed by atoms with van der Waals surface area (Å²) in [6.07, 6.45) is 6.60. The molecule has 0 saturated heterocycles. The summed E-state index contributed by atoms with van der Waals surface area (Å²) in [5.41, 5.74) is 3.61. The first-order chi connectivity index (χ1) is 14.8. The zero-order valence-electron chi connectivity index (χ0n) is 17.1. The molecule has 4 aromatic rings. The van der Waals surface area contributed by atoms with Crippen molar-refractivity contribution in [3.05, 3.63) is 102 Å². The first-order valence-electron chi connectivity index (χ1n) is 10.2. The summed E-state index contributed by atoms with van der Waals surface area (Å²) in [5, 5.41) is 4.74. The molecular weight excluding hydrogens is 372 g/mol. The van der Waals surface area contributed by atoms with Crippen LogP contribution in [0, 0.1) is 0 Å². The van der Waals surface area contributed by atoms with Crippen LogP contribution in [-0.2, 0) is 13.0 Å². The number of aromatic amines is 1. The van der Waals surface area contributed by atoms with Gasteiger partial charge in [-0.2, -0.15) is 0 Å². The minimum Gasteiger partial charge on any atom is -0.465 e. The summed E-state index contributed by atoms with van der Waals surface area (Å²) >= 11 is 0. The zero-order valence-corrected chi connectivity index (χ0v) is 17.1. The van der Waals surface area contributed by atoms with Gasteiger partial charge in [-0.15, -0.1) is 0 Å². The van der Waals surface area contributed by atoms with Gasteiger partial charge in [0.05, 0.1) is 6.26 Å².